The minimum absolute atomic E-state index is 0.142. The SMILES string of the molecule is CC(=Cc1ccc(C)c(F)c1)CBr. The predicted octanol–water partition coefficient (Wildman–Crippen LogP) is 3.93. The molecule has 1 aromatic carbocycles. The van der Waals surface area contributed by atoms with Crippen molar-refractivity contribution in [3.63, 3.8) is 0 Å². The van der Waals surface area contributed by atoms with E-state index in [1.54, 1.807) is 19.1 Å². The zero-order chi connectivity index (χ0) is 9.84. The molecule has 0 spiro atoms. The van der Waals surface area contributed by atoms with E-state index in [2.05, 4.69) is 15.9 Å². The highest BCUT2D eigenvalue weighted by Gasteiger charge is 1.97. The fourth-order valence-corrected chi connectivity index (χ4v) is 1.18. The predicted molar refractivity (Wildman–Crippen MR) is 58.6 cm³/mol. The Bertz CT molecular complexity index is 329. The Balaban J connectivity index is 2.98. The molecule has 0 atom stereocenters. The van der Waals surface area contributed by atoms with Crippen LogP contribution in [0.3, 0.4) is 0 Å². The van der Waals surface area contributed by atoms with Crippen LogP contribution >= 0.6 is 15.9 Å². The molecule has 0 aliphatic rings. The molecule has 70 valence electrons. The van der Waals surface area contributed by atoms with Crippen LogP contribution in [-0.2, 0) is 0 Å². The molecule has 0 amide bonds. The van der Waals surface area contributed by atoms with Gasteiger partial charge in [0.05, 0.1) is 0 Å². The Morgan fingerprint density at radius 1 is 1.54 bits per heavy atom. The van der Waals surface area contributed by atoms with Gasteiger partial charge < -0.3 is 0 Å². The highest BCUT2D eigenvalue weighted by atomic mass is 79.9. The van der Waals surface area contributed by atoms with Gasteiger partial charge in [0.25, 0.3) is 0 Å². The largest absolute Gasteiger partial charge is 0.207 e. The van der Waals surface area contributed by atoms with E-state index in [1.165, 1.54) is 5.57 Å². The lowest BCUT2D eigenvalue weighted by molar-refractivity contribution is 0.618. The van der Waals surface area contributed by atoms with E-state index in [0.717, 1.165) is 10.9 Å². The Hall–Kier alpha value is -0.630. The summed E-state index contributed by atoms with van der Waals surface area (Å²) in [6, 6.07) is 5.27. The number of hydrogen-bond acceptors (Lipinski definition) is 0. The molecule has 0 radical (unpaired) electrons. The first-order valence-electron chi connectivity index (χ1n) is 4.13. The van der Waals surface area contributed by atoms with Gasteiger partial charge in [-0.25, -0.2) is 4.39 Å². The molecule has 0 unspecified atom stereocenters. The normalized spacial score (nSPS) is 11.8. The molecule has 0 saturated heterocycles. The second-order valence-electron chi connectivity index (χ2n) is 3.13. The van der Waals surface area contributed by atoms with Crippen molar-refractivity contribution < 1.29 is 4.39 Å². The van der Waals surface area contributed by atoms with Crippen molar-refractivity contribution in [2.75, 3.05) is 5.33 Å². The number of hydrogen-bond donors (Lipinski definition) is 0. The fourth-order valence-electron chi connectivity index (χ4n) is 1.02. The maximum atomic E-state index is 13.1. The van der Waals surface area contributed by atoms with E-state index >= 15 is 0 Å². The zero-order valence-corrected chi connectivity index (χ0v) is 9.36. The van der Waals surface area contributed by atoms with Crippen LogP contribution in [0.25, 0.3) is 6.08 Å². The third-order valence-electron chi connectivity index (χ3n) is 1.82. The minimum atomic E-state index is -0.142. The summed E-state index contributed by atoms with van der Waals surface area (Å²) in [5.41, 5.74) is 2.79. The molecule has 2 heteroatoms. The molecule has 0 aliphatic heterocycles. The first kappa shape index (κ1) is 10.5. The summed E-state index contributed by atoms with van der Waals surface area (Å²) in [4.78, 5) is 0. The van der Waals surface area contributed by atoms with Crippen LogP contribution in [0, 0.1) is 12.7 Å². The summed E-state index contributed by atoms with van der Waals surface area (Å²) in [6.45, 7) is 3.77. The number of halogens is 2. The first-order chi connectivity index (χ1) is 6.13. The van der Waals surface area contributed by atoms with E-state index in [-0.39, 0.29) is 5.82 Å². The zero-order valence-electron chi connectivity index (χ0n) is 7.77. The average Bonchev–Trinajstić information content (AvgIpc) is 2.11. The maximum Gasteiger partial charge on any atom is 0.126 e. The molecule has 0 aromatic heterocycles. The number of rotatable bonds is 2. The van der Waals surface area contributed by atoms with Crippen LogP contribution < -0.4 is 0 Å². The van der Waals surface area contributed by atoms with Crippen LogP contribution in [0.5, 0.6) is 0 Å². The molecule has 0 heterocycles. The van der Waals surface area contributed by atoms with Gasteiger partial charge in [0.1, 0.15) is 5.82 Å². The van der Waals surface area contributed by atoms with Crippen LogP contribution in [0.2, 0.25) is 0 Å². The van der Waals surface area contributed by atoms with Gasteiger partial charge in [0.2, 0.25) is 0 Å². The number of allylic oxidation sites excluding steroid dienone is 1. The van der Waals surface area contributed by atoms with Crippen molar-refractivity contribution in [2.45, 2.75) is 13.8 Å². The smallest absolute Gasteiger partial charge is 0.126 e. The molecule has 13 heavy (non-hydrogen) atoms. The molecule has 0 N–H and O–H groups in total. The van der Waals surface area contributed by atoms with Crippen molar-refractivity contribution in [1.29, 1.82) is 0 Å². The summed E-state index contributed by atoms with van der Waals surface area (Å²) in [5, 5.41) is 0.822. The van der Waals surface area contributed by atoms with Crippen molar-refractivity contribution in [1.82, 2.24) is 0 Å². The first-order valence-corrected chi connectivity index (χ1v) is 5.25. The highest BCUT2D eigenvalue weighted by molar-refractivity contribution is 9.09. The van der Waals surface area contributed by atoms with Gasteiger partial charge in [-0.2, -0.15) is 0 Å². The average molecular weight is 243 g/mol. The molecule has 0 fully saturated rings. The lowest BCUT2D eigenvalue weighted by Gasteiger charge is -1.99. The van der Waals surface area contributed by atoms with Crippen molar-refractivity contribution in [2.24, 2.45) is 0 Å². The molecular formula is C11H12BrF. The maximum absolute atomic E-state index is 13.1. The number of alkyl halides is 1. The Labute approximate surface area is 86.6 Å². The quantitative estimate of drug-likeness (QED) is 0.690. The Kier molecular flexibility index (Phi) is 3.67. The topological polar surface area (TPSA) is 0 Å². The van der Waals surface area contributed by atoms with Crippen molar-refractivity contribution in [3.8, 4) is 0 Å². The monoisotopic (exact) mass is 242 g/mol. The lowest BCUT2D eigenvalue weighted by atomic mass is 10.1. The summed E-state index contributed by atoms with van der Waals surface area (Å²) in [7, 11) is 0. The van der Waals surface area contributed by atoms with Crippen molar-refractivity contribution in [3.05, 3.63) is 40.7 Å². The fraction of sp³-hybridized carbons (Fsp3) is 0.273. The highest BCUT2D eigenvalue weighted by Crippen LogP contribution is 2.13. The second-order valence-corrected chi connectivity index (χ2v) is 3.69. The Morgan fingerprint density at radius 3 is 2.77 bits per heavy atom. The van der Waals surface area contributed by atoms with E-state index in [4.69, 9.17) is 0 Å². The third-order valence-corrected chi connectivity index (χ3v) is 2.70. The van der Waals surface area contributed by atoms with Crippen LogP contribution in [0.4, 0.5) is 4.39 Å². The third kappa shape index (κ3) is 2.96. The summed E-state index contributed by atoms with van der Waals surface area (Å²) in [5.74, 6) is -0.142. The number of benzene rings is 1. The number of aryl methyl sites for hydroxylation is 1. The van der Waals surface area contributed by atoms with E-state index in [0.29, 0.717) is 5.56 Å². The van der Waals surface area contributed by atoms with Crippen molar-refractivity contribution >= 4 is 22.0 Å². The standard InChI is InChI=1S/C11H12BrF/c1-8(7-12)5-10-4-3-9(2)11(13)6-10/h3-6H,7H2,1-2H3. The van der Waals surface area contributed by atoms with Gasteiger partial charge in [0, 0.05) is 5.33 Å². The lowest BCUT2D eigenvalue weighted by Crippen LogP contribution is -1.84. The van der Waals surface area contributed by atoms with Crippen LogP contribution in [0.1, 0.15) is 18.1 Å². The van der Waals surface area contributed by atoms with Crippen LogP contribution in [-0.4, -0.2) is 5.33 Å². The van der Waals surface area contributed by atoms with Gasteiger partial charge >= 0.3 is 0 Å². The Morgan fingerprint density at radius 2 is 2.23 bits per heavy atom. The van der Waals surface area contributed by atoms with Gasteiger partial charge in [-0.05, 0) is 31.0 Å². The van der Waals surface area contributed by atoms with Crippen LogP contribution in [0.15, 0.2) is 23.8 Å². The van der Waals surface area contributed by atoms with Gasteiger partial charge in [-0.15, -0.1) is 0 Å². The molecule has 1 rings (SSSR count). The van der Waals surface area contributed by atoms with E-state index in [1.807, 2.05) is 19.1 Å². The molecule has 0 aliphatic carbocycles. The van der Waals surface area contributed by atoms with Gasteiger partial charge in [0.15, 0.2) is 0 Å². The minimum Gasteiger partial charge on any atom is -0.207 e. The molecule has 0 nitrogen and oxygen atoms in total. The second kappa shape index (κ2) is 4.56. The molecule has 0 saturated carbocycles. The molecule has 0 bridgehead atoms. The van der Waals surface area contributed by atoms with Gasteiger partial charge in [-0.1, -0.05) is 39.7 Å². The van der Waals surface area contributed by atoms with E-state index in [9.17, 15) is 4.39 Å². The summed E-state index contributed by atoms with van der Waals surface area (Å²) in [6.07, 6.45) is 1.97. The summed E-state index contributed by atoms with van der Waals surface area (Å²) >= 11 is 3.34. The molecular weight excluding hydrogens is 231 g/mol. The van der Waals surface area contributed by atoms with E-state index < -0.39 is 0 Å². The van der Waals surface area contributed by atoms with Gasteiger partial charge in [-0.3, -0.25) is 0 Å². The molecule has 1 aromatic rings. The summed E-state index contributed by atoms with van der Waals surface area (Å²) < 4.78 is 13.1.